The molecule has 2 rings (SSSR count). The highest BCUT2D eigenvalue weighted by Gasteiger charge is 2.16. The Balaban J connectivity index is 2.49. The summed E-state index contributed by atoms with van der Waals surface area (Å²) in [4.78, 5) is 0. The zero-order chi connectivity index (χ0) is 14.0. The van der Waals surface area contributed by atoms with Crippen LogP contribution in [0.5, 0.6) is 0 Å². The van der Waals surface area contributed by atoms with Crippen LogP contribution in [0.3, 0.4) is 0 Å². The maximum absolute atomic E-state index is 13.3. The fourth-order valence-electron chi connectivity index (χ4n) is 2.11. The molecule has 0 amide bonds. The molecule has 0 fully saturated rings. The van der Waals surface area contributed by atoms with Gasteiger partial charge in [0.1, 0.15) is 11.6 Å². The second-order valence-corrected chi connectivity index (χ2v) is 5.30. The normalized spacial score (nSPS) is 12.5. The number of hydrogen-bond acceptors (Lipinski definition) is 1. The molecule has 100 valence electrons. The molecule has 0 aromatic heterocycles. The molecule has 2 aromatic rings. The van der Waals surface area contributed by atoms with Crippen molar-refractivity contribution in [3.63, 3.8) is 0 Å². The quantitative estimate of drug-likeness (QED) is 0.884. The van der Waals surface area contributed by atoms with Crippen molar-refractivity contribution in [3.05, 3.63) is 69.2 Å². The van der Waals surface area contributed by atoms with Crippen molar-refractivity contribution in [2.24, 2.45) is 0 Å². The molecule has 1 N–H and O–H groups in total. The lowest BCUT2D eigenvalue weighted by Crippen LogP contribution is -2.18. The van der Waals surface area contributed by atoms with E-state index in [1.807, 2.05) is 25.1 Å². The molecule has 2 aromatic carbocycles. The third kappa shape index (κ3) is 3.19. The summed E-state index contributed by atoms with van der Waals surface area (Å²) in [5.74, 6) is -1.14. The molecule has 0 saturated heterocycles. The van der Waals surface area contributed by atoms with E-state index in [1.165, 1.54) is 12.1 Å². The number of nitrogens with one attached hydrogen (secondary N) is 1. The Morgan fingerprint density at radius 2 is 1.68 bits per heavy atom. The van der Waals surface area contributed by atoms with Gasteiger partial charge in [0, 0.05) is 10.5 Å². The van der Waals surface area contributed by atoms with E-state index in [9.17, 15) is 8.78 Å². The van der Waals surface area contributed by atoms with Gasteiger partial charge in [0.2, 0.25) is 0 Å². The van der Waals surface area contributed by atoms with E-state index < -0.39 is 11.6 Å². The van der Waals surface area contributed by atoms with E-state index in [-0.39, 0.29) is 6.04 Å². The molecular formula is C15H14BrF2N. The van der Waals surface area contributed by atoms with Crippen molar-refractivity contribution in [1.82, 2.24) is 5.32 Å². The van der Waals surface area contributed by atoms with Gasteiger partial charge in [0.25, 0.3) is 0 Å². The van der Waals surface area contributed by atoms with Crippen molar-refractivity contribution in [2.45, 2.75) is 13.0 Å². The van der Waals surface area contributed by atoms with E-state index in [0.717, 1.165) is 21.7 Å². The first-order valence-corrected chi connectivity index (χ1v) is 6.70. The molecule has 1 nitrogen and oxygen atoms in total. The molecule has 19 heavy (non-hydrogen) atoms. The summed E-state index contributed by atoms with van der Waals surface area (Å²) < 4.78 is 27.6. The minimum absolute atomic E-state index is 0.264. The fourth-order valence-corrected chi connectivity index (χ4v) is 2.83. The first kappa shape index (κ1) is 14.2. The Morgan fingerprint density at radius 1 is 1.05 bits per heavy atom. The average molecular weight is 326 g/mol. The molecule has 0 aliphatic rings. The number of hydrogen-bond donors (Lipinski definition) is 1. The summed E-state index contributed by atoms with van der Waals surface area (Å²) in [6, 6.07) is 9.20. The van der Waals surface area contributed by atoms with E-state index in [1.54, 1.807) is 7.05 Å². The van der Waals surface area contributed by atoms with Crippen molar-refractivity contribution in [1.29, 1.82) is 0 Å². The predicted molar refractivity (Wildman–Crippen MR) is 76.1 cm³/mol. The standard InChI is InChI=1S/C15H14BrF2N/c1-9-3-4-13(14(16)5-9)15(19-2)10-6-11(17)8-12(18)7-10/h3-8,15,19H,1-2H3. The molecule has 0 aliphatic carbocycles. The smallest absolute Gasteiger partial charge is 0.126 e. The Kier molecular flexibility index (Phi) is 4.32. The summed E-state index contributed by atoms with van der Waals surface area (Å²) in [6.07, 6.45) is 0. The van der Waals surface area contributed by atoms with Gasteiger partial charge in [-0.1, -0.05) is 28.1 Å². The van der Waals surface area contributed by atoms with Crippen LogP contribution >= 0.6 is 15.9 Å². The topological polar surface area (TPSA) is 12.0 Å². The Morgan fingerprint density at radius 3 is 2.21 bits per heavy atom. The lowest BCUT2D eigenvalue weighted by molar-refractivity contribution is 0.571. The van der Waals surface area contributed by atoms with Crippen LogP contribution in [0.1, 0.15) is 22.7 Å². The maximum atomic E-state index is 13.3. The molecule has 1 unspecified atom stereocenters. The van der Waals surface area contributed by atoms with Crippen LogP contribution in [0.2, 0.25) is 0 Å². The number of aryl methyl sites for hydroxylation is 1. The van der Waals surface area contributed by atoms with Crippen LogP contribution in [0.4, 0.5) is 8.78 Å². The van der Waals surface area contributed by atoms with Gasteiger partial charge < -0.3 is 5.32 Å². The highest BCUT2D eigenvalue weighted by molar-refractivity contribution is 9.10. The van der Waals surface area contributed by atoms with Crippen LogP contribution < -0.4 is 5.32 Å². The largest absolute Gasteiger partial charge is 0.309 e. The minimum atomic E-state index is -0.571. The van der Waals surface area contributed by atoms with E-state index in [0.29, 0.717) is 5.56 Å². The summed E-state index contributed by atoms with van der Waals surface area (Å²) >= 11 is 3.50. The van der Waals surface area contributed by atoms with Gasteiger partial charge in [-0.15, -0.1) is 0 Å². The van der Waals surface area contributed by atoms with Crippen LogP contribution in [-0.2, 0) is 0 Å². The Labute approximate surface area is 119 Å². The van der Waals surface area contributed by atoms with Crippen molar-refractivity contribution >= 4 is 15.9 Å². The third-order valence-corrected chi connectivity index (χ3v) is 3.66. The molecule has 0 aliphatic heterocycles. The first-order chi connectivity index (χ1) is 9.01. The monoisotopic (exact) mass is 325 g/mol. The summed E-state index contributed by atoms with van der Waals surface area (Å²) in [6.45, 7) is 1.99. The highest BCUT2D eigenvalue weighted by atomic mass is 79.9. The van der Waals surface area contributed by atoms with Crippen LogP contribution in [0.25, 0.3) is 0 Å². The number of rotatable bonds is 3. The van der Waals surface area contributed by atoms with Gasteiger partial charge in [-0.2, -0.15) is 0 Å². The van der Waals surface area contributed by atoms with Gasteiger partial charge in [-0.05, 0) is 48.9 Å². The van der Waals surface area contributed by atoms with Gasteiger partial charge in [0.05, 0.1) is 6.04 Å². The lowest BCUT2D eigenvalue weighted by atomic mass is 9.98. The molecule has 0 bridgehead atoms. The summed E-state index contributed by atoms with van der Waals surface area (Å²) in [5.41, 5.74) is 2.62. The van der Waals surface area contributed by atoms with Gasteiger partial charge >= 0.3 is 0 Å². The van der Waals surface area contributed by atoms with Crippen molar-refractivity contribution in [3.8, 4) is 0 Å². The highest BCUT2D eigenvalue weighted by Crippen LogP contribution is 2.29. The Hall–Kier alpha value is -1.26. The summed E-state index contributed by atoms with van der Waals surface area (Å²) in [7, 11) is 1.76. The summed E-state index contributed by atoms with van der Waals surface area (Å²) in [5, 5.41) is 3.09. The molecule has 0 saturated carbocycles. The predicted octanol–water partition coefficient (Wildman–Crippen LogP) is 4.34. The second kappa shape index (κ2) is 5.80. The average Bonchev–Trinajstić information content (AvgIpc) is 2.31. The van der Waals surface area contributed by atoms with Gasteiger partial charge in [-0.25, -0.2) is 8.78 Å². The molecule has 0 spiro atoms. The maximum Gasteiger partial charge on any atom is 0.126 e. The molecule has 0 radical (unpaired) electrons. The van der Waals surface area contributed by atoms with Crippen molar-refractivity contribution in [2.75, 3.05) is 7.05 Å². The van der Waals surface area contributed by atoms with E-state index >= 15 is 0 Å². The molecule has 0 heterocycles. The minimum Gasteiger partial charge on any atom is -0.309 e. The second-order valence-electron chi connectivity index (χ2n) is 4.45. The molecule has 4 heteroatoms. The van der Waals surface area contributed by atoms with Gasteiger partial charge in [0.15, 0.2) is 0 Å². The van der Waals surface area contributed by atoms with Crippen molar-refractivity contribution < 1.29 is 8.78 Å². The molecule has 1 atom stereocenters. The first-order valence-electron chi connectivity index (χ1n) is 5.90. The van der Waals surface area contributed by atoms with Crippen LogP contribution in [-0.4, -0.2) is 7.05 Å². The number of benzene rings is 2. The van der Waals surface area contributed by atoms with Crippen LogP contribution in [0.15, 0.2) is 40.9 Å². The van der Waals surface area contributed by atoms with Gasteiger partial charge in [-0.3, -0.25) is 0 Å². The number of halogens is 3. The molecular weight excluding hydrogens is 312 g/mol. The third-order valence-electron chi connectivity index (χ3n) is 2.97. The van der Waals surface area contributed by atoms with Crippen LogP contribution in [0, 0.1) is 18.6 Å². The lowest BCUT2D eigenvalue weighted by Gasteiger charge is -2.19. The fraction of sp³-hybridized carbons (Fsp3) is 0.200. The zero-order valence-electron chi connectivity index (χ0n) is 10.7. The SMILES string of the molecule is CNC(c1cc(F)cc(F)c1)c1ccc(C)cc1Br. The zero-order valence-corrected chi connectivity index (χ0v) is 12.3. The Bertz CT molecular complexity index is 578. The van der Waals surface area contributed by atoms with E-state index in [4.69, 9.17) is 0 Å². The van der Waals surface area contributed by atoms with E-state index in [2.05, 4.69) is 21.2 Å².